The van der Waals surface area contributed by atoms with Crippen molar-refractivity contribution < 1.29 is 13.2 Å². The first kappa shape index (κ1) is 16.9. The highest BCUT2D eigenvalue weighted by molar-refractivity contribution is 7.89. The molecule has 0 bridgehead atoms. The maximum Gasteiger partial charge on any atom is 0.226 e. The van der Waals surface area contributed by atoms with E-state index in [1.54, 1.807) is 24.3 Å². The van der Waals surface area contributed by atoms with E-state index in [0.717, 1.165) is 5.56 Å². The number of rotatable bonds is 7. The summed E-state index contributed by atoms with van der Waals surface area (Å²) in [5.74, 6) is -0.176. The third-order valence-corrected chi connectivity index (χ3v) is 4.33. The fourth-order valence-corrected chi connectivity index (χ4v) is 2.70. The van der Waals surface area contributed by atoms with Crippen molar-refractivity contribution in [2.75, 3.05) is 16.9 Å². The highest BCUT2D eigenvalue weighted by Gasteiger charge is 2.09. The van der Waals surface area contributed by atoms with Gasteiger partial charge in [-0.15, -0.1) is 11.6 Å². The number of alkyl halides is 1. The molecule has 1 amide bonds. The number of carbonyl (C=O) groups is 1. The molecule has 0 aromatic heterocycles. The van der Waals surface area contributed by atoms with Crippen LogP contribution in [0.25, 0.3) is 0 Å². The Morgan fingerprint density at radius 2 is 1.85 bits per heavy atom. The van der Waals surface area contributed by atoms with Gasteiger partial charge in [-0.25, -0.2) is 13.1 Å². The second kappa shape index (κ2) is 7.61. The topological polar surface area (TPSA) is 75.3 Å². The quantitative estimate of drug-likeness (QED) is 0.754. The van der Waals surface area contributed by atoms with Crippen LogP contribution < -0.4 is 10.0 Å². The van der Waals surface area contributed by atoms with E-state index in [0.29, 0.717) is 5.69 Å². The Bertz CT molecular complexity index is 541. The Kier molecular flexibility index (Phi) is 6.45. The summed E-state index contributed by atoms with van der Waals surface area (Å²) in [4.78, 5) is 11.5. The van der Waals surface area contributed by atoms with Crippen molar-refractivity contribution in [2.45, 2.75) is 20.4 Å². The molecule has 0 radical (unpaired) electrons. The van der Waals surface area contributed by atoms with Gasteiger partial charge in [-0.05, 0) is 17.7 Å². The maximum atomic E-state index is 11.5. The number of carbonyl (C=O) groups excluding carboxylic acids is 1. The van der Waals surface area contributed by atoms with E-state index in [9.17, 15) is 13.2 Å². The van der Waals surface area contributed by atoms with Gasteiger partial charge in [0.15, 0.2) is 0 Å². The van der Waals surface area contributed by atoms with Gasteiger partial charge >= 0.3 is 0 Å². The van der Waals surface area contributed by atoms with Crippen molar-refractivity contribution in [3.05, 3.63) is 29.8 Å². The third kappa shape index (κ3) is 5.90. The normalized spacial score (nSPS) is 11.6. The van der Waals surface area contributed by atoms with Crippen LogP contribution in [-0.2, 0) is 21.4 Å². The molecule has 0 heterocycles. The molecule has 0 atom stereocenters. The van der Waals surface area contributed by atoms with Crippen molar-refractivity contribution >= 4 is 33.2 Å². The van der Waals surface area contributed by atoms with Crippen LogP contribution in [0.2, 0.25) is 0 Å². The maximum absolute atomic E-state index is 11.5. The lowest BCUT2D eigenvalue weighted by Gasteiger charge is -2.09. The molecule has 1 rings (SSSR count). The Labute approximate surface area is 124 Å². The van der Waals surface area contributed by atoms with Crippen molar-refractivity contribution in [2.24, 2.45) is 5.92 Å². The fourth-order valence-electron chi connectivity index (χ4n) is 1.36. The standard InChI is InChI=1S/C13H19ClN2O3S/c1-10(2)13(17)16-12-5-3-11(4-6-12)9-15-20(18,19)8-7-14/h3-6,10,15H,7-9H2,1-2H3,(H,16,17). The van der Waals surface area contributed by atoms with E-state index in [-0.39, 0.29) is 30.0 Å². The van der Waals surface area contributed by atoms with E-state index in [1.165, 1.54) is 0 Å². The van der Waals surface area contributed by atoms with Crippen LogP contribution in [0.15, 0.2) is 24.3 Å². The van der Waals surface area contributed by atoms with Crippen LogP contribution in [0.1, 0.15) is 19.4 Å². The molecular weight excluding hydrogens is 300 g/mol. The van der Waals surface area contributed by atoms with E-state index in [4.69, 9.17) is 11.6 Å². The van der Waals surface area contributed by atoms with Crippen molar-refractivity contribution in [1.29, 1.82) is 0 Å². The molecule has 0 fully saturated rings. The molecule has 112 valence electrons. The minimum atomic E-state index is -3.32. The monoisotopic (exact) mass is 318 g/mol. The predicted octanol–water partition coefficient (Wildman–Crippen LogP) is 1.94. The lowest BCUT2D eigenvalue weighted by molar-refractivity contribution is -0.118. The lowest BCUT2D eigenvalue weighted by Crippen LogP contribution is -2.26. The molecule has 0 unspecified atom stereocenters. The molecule has 0 saturated heterocycles. The highest BCUT2D eigenvalue weighted by atomic mass is 35.5. The first-order valence-electron chi connectivity index (χ1n) is 6.27. The molecular formula is C13H19ClN2O3S. The molecule has 0 aliphatic rings. The zero-order chi connectivity index (χ0) is 15.2. The second-order valence-corrected chi connectivity index (χ2v) is 6.97. The summed E-state index contributed by atoms with van der Waals surface area (Å²) in [6, 6.07) is 7.01. The van der Waals surface area contributed by atoms with Gasteiger partial charge in [0.2, 0.25) is 15.9 Å². The Hall–Kier alpha value is -1.11. The predicted molar refractivity (Wildman–Crippen MR) is 81.3 cm³/mol. The lowest BCUT2D eigenvalue weighted by atomic mass is 10.2. The minimum absolute atomic E-state index is 0.0550. The molecule has 1 aromatic rings. The summed E-state index contributed by atoms with van der Waals surface area (Å²) in [5.41, 5.74) is 1.50. The SMILES string of the molecule is CC(C)C(=O)Nc1ccc(CNS(=O)(=O)CCCl)cc1. The zero-order valence-corrected chi connectivity index (χ0v) is 13.1. The van der Waals surface area contributed by atoms with Gasteiger partial charge in [-0.2, -0.15) is 0 Å². The zero-order valence-electron chi connectivity index (χ0n) is 11.5. The van der Waals surface area contributed by atoms with Crippen LogP contribution in [-0.4, -0.2) is 26.0 Å². The second-order valence-electron chi connectivity index (χ2n) is 4.67. The van der Waals surface area contributed by atoms with Crippen molar-refractivity contribution in [1.82, 2.24) is 4.72 Å². The number of benzene rings is 1. The molecule has 20 heavy (non-hydrogen) atoms. The van der Waals surface area contributed by atoms with E-state index in [1.807, 2.05) is 13.8 Å². The molecule has 0 aliphatic heterocycles. The summed E-state index contributed by atoms with van der Waals surface area (Å²) in [6.07, 6.45) is 0. The number of anilines is 1. The molecule has 1 aromatic carbocycles. The number of hydrogen-bond donors (Lipinski definition) is 2. The van der Waals surface area contributed by atoms with Crippen LogP contribution in [0.4, 0.5) is 5.69 Å². The van der Waals surface area contributed by atoms with Crippen LogP contribution in [0.3, 0.4) is 0 Å². The highest BCUT2D eigenvalue weighted by Crippen LogP contribution is 2.11. The smallest absolute Gasteiger partial charge is 0.226 e. The third-order valence-electron chi connectivity index (χ3n) is 2.59. The molecule has 0 saturated carbocycles. The van der Waals surface area contributed by atoms with Crippen LogP contribution in [0, 0.1) is 5.92 Å². The van der Waals surface area contributed by atoms with Gasteiger partial charge in [0.1, 0.15) is 0 Å². The van der Waals surface area contributed by atoms with Gasteiger partial charge in [-0.1, -0.05) is 26.0 Å². The molecule has 5 nitrogen and oxygen atoms in total. The summed E-state index contributed by atoms with van der Waals surface area (Å²) in [6.45, 7) is 3.84. The first-order chi connectivity index (χ1) is 9.34. The summed E-state index contributed by atoms with van der Waals surface area (Å²) in [5, 5.41) is 2.77. The first-order valence-corrected chi connectivity index (χ1v) is 8.46. The summed E-state index contributed by atoms with van der Waals surface area (Å²) in [7, 11) is -3.32. The van der Waals surface area contributed by atoms with Crippen molar-refractivity contribution in [3.63, 3.8) is 0 Å². The number of hydrogen-bond acceptors (Lipinski definition) is 3. The molecule has 2 N–H and O–H groups in total. The van der Waals surface area contributed by atoms with Crippen LogP contribution >= 0.6 is 11.6 Å². The largest absolute Gasteiger partial charge is 0.326 e. The molecule has 0 spiro atoms. The van der Waals surface area contributed by atoms with Gasteiger partial charge in [0.05, 0.1) is 5.75 Å². The number of amides is 1. The summed E-state index contributed by atoms with van der Waals surface area (Å²) < 4.78 is 25.3. The minimum Gasteiger partial charge on any atom is -0.326 e. The number of nitrogens with one attached hydrogen (secondary N) is 2. The van der Waals surface area contributed by atoms with E-state index >= 15 is 0 Å². The van der Waals surface area contributed by atoms with Gasteiger partial charge in [0, 0.05) is 24.0 Å². The van der Waals surface area contributed by atoms with Gasteiger partial charge in [-0.3, -0.25) is 4.79 Å². The average Bonchev–Trinajstić information content (AvgIpc) is 2.38. The molecule has 0 aliphatic carbocycles. The number of halogens is 1. The van der Waals surface area contributed by atoms with E-state index < -0.39 is 10.0 Å². The fraction of sp³-hybridized carbons (Fsp3) is 0.462. The Morgan fingerprint density at radius 1 is 1.25 bits per heavy atom. The molecule has 7 heteroatoms. The number of sulfonamides is 1. The Morgan fingerprint density at radius 3 is 2.35 bits per heavy atom. The van der Waals surface area contributed by atoms with Gasteiger partial charge in [0.25, 0.3) is 0 Å². The summed E-state index contributed by atoms with van der Waals surface area (Å²) >= 11 is 5.40. The van der Waals surface area contributed by atoms with Crippen LogP contribution in [0.5, 0.6) is 0 Å². The average molecular weight is 319 g/mol. The Balaban J connectivity index is 2.57. The van der Waals surface area contributed by atoms with Crippen molar-refractivity contribution in [3.8, 4) is 0 Å². The van der Waals surface area contributed by atoms with E-state index in [2.05, 4.69) is 10.0 Å². The van der Waals surface area contributed by atoms with Gasteiger partial charge < -0.3 is 5.32 Å².